The number of nitrogens with one attached hydrogen (secondary N) is 1. The van der Waals surface area contributed by atoms with Crippen molar-refractivity contribution in [1.82, 2.24) is 9.55 Å². The first-order valence-corrected chi connectivity index (χ1v) is 11.4. The van der Waals surface area contributed by atoms with Crippen LogP contribution in [-0.2, 0) is 11.2 Å². The first-order valence-electron chi connectivity index (χ1n) is 9.47. The van der Waals surface area contributed by atoms with Crippen molar-refractivity contribution in [2.45, 2.75) is 30.3 Å². The molecule has 1 aliphatic rings. The number of hydrogen-bond donors (Lipinski definition) is 1. The molecule has 0 saturated carbocycles. The van der Waals surface area contributed by atoms with E-state index in [2.05, 4.69) is 10.3 Å². The summed E-state index contributed by atoms with van der Waals surface area (Å²) in [7, 11) is 0. The first kappa shape index (κ1) is 20.7. The Kier molecular flexibility index (Phi) is 5.97. The second-order valence-electron chi connectivity index (χ2n) is 6.97. The average Bonchev–Trinajstić information content (AvgIpc) is 3.20. The molecule has 2 heterocycles. The molecule has 0 atom stereocenters. The molecule has 2 aromatic carbocycles. The van der Waals surface area contributed by atoms with Gasteiger partial charge in [0, 0.05) is 17.9 Å². The summed E-state index contributed by atoms with van der Waals surface area (Å²) >= 11 is 2.69. The molecule has 0 radical (unpaired) electrons. The van der Waals surface area contributed by atoms with E-state index in [9.17, 15) is 14.0 Å². The molecule has 0 spiro atoms. The molecule has 1 N–H and O–H groups in total. The van der Waals surface area contributed by atoms with E-state index in [-0.39, 0.29) is 23.0 Å². The Bertz CT molecular complexity index is 1180. The number of carbonyl (C=O) groups excluding carboxylic acids is 1. The molecule has 1 aromatic heterocycles. The Labute approximate surface area is 182 Å². The lowest BCUT2D eigenvalue weighted by molar-refractivity contribution is -0.113. The van der Waals surface area contributed by atoms with Crippen LogP contribution in [0.4, 0.5) is 10.1 Å². The highest BCUT2D eigenvalue weighted by molar-refractivity contribution is 8.00. The minimum absolute atomic E-state index is 0.104. The van der Waals surface area contributed by atoms with Crippen LogP contribution in [0.2, 0.25) is 0 Å². The van der Waals surface area contributed by atoms with E-state index in [4.69, 9.17) is 0 Å². The standard InChI is InChI=1S/C22H20FN3O2S2/c1-13-4-3-5-17(14(13)2)24-19(27)12-30-22-25-18-10-11-29-20(18)21(28)26(22)16-8-6-15(23)7-9-16/h3-9H,10-12H2,1-2H3,(H,24,27). The molecule has 3 aromatic rings. The zero-order chi connectivity index (χ0) is 21.3. The van der Waals surface area contributed by atoms with E-state index >= 15 is 0 Å². The molecule has 4 rings (SSSR count). The highest BCUT2D eigenvalue weighted by atomic mass is 32.2. The lowest BCUT2D eigenvalue weighted by Gasteiger charge is -2.14. The van der Waals surface area contributed by atoms with Gasteiger partial charge < -0.3 is 5.32 Å². The van der Waals surface area contributed by atoms with Gasteiger partial charge in [-0.2, -0.15) is 0 Å². The zero-order valence-corrected chi connectivity index (χ0v) is 18.2. The molecule has 0 aliphatic carbocycles. The van der Waals surface area contributed by atoms with Crippen molar-refractivity contribution in [3.8, 4) is 5.69 Å². The maximum atomic E-state index is 13.4. The Morgan fingerprint density at radius 2 is 2.00 bits per heavy atom. The molecular formula is C22H20FN3O2S2. The van der Waals surface area contributed by atoms with Crippen LogP contribution in [0.1, 0.15) is 16.8 Å². The Morgan fingerprint density at radius 3 is 2.77 bits per heavy atom. The monoisotopic (exact) mass is 441 g/mol. The predicted octanol–water partition coefficient (Wildman–Crippen LogP) is 4.37. The quantitative estimate of drug-likeness (QED) is 0.471. The third-order valence-electron chi connectivity index (χ3n) is 4.96. The van der Waals surface area contributed by atoms with Crippen LogP contribution < -0.4 is 10.9 Å². The molecule has 0 bridgehead atoms. The van der Waals surface area contributed by atoms with E-state index < -0.39 is 0 Å². The third kappa shape index (κ3) is 4.15. The number of rotatable bonds is 5. The second-order valence-corrected chi connectivity index (χ2v) is 9.02. The summed E-state index contributed by atoms with van der Waals surface area (Å²) in [5, 5.41) is 3.36. The average molecular weight is 442 g/mol. The van der Waals surface area contributed by atoms with E-state index in [1.165, 1.54) is 40.2 Å². The summed E-state index contributed by atoms with van der Waals surface area (Å²) in [6.07, 6.45) is 0.724. The summed E-state index contributed by atoms with van der Waals surface area (Å²) in [6.45, 7) is 3.96. The van der Waals surface area contributed by atoms with Crippen molar-refractivity contribution in [3.63, 3.8) is 0 Å². The number of aromatic nitrogens is 2. The van der Waals surface area contributed by atoms with Gasteiger partial charge in [0.25, 0.3) is 5.56 Å². The molecule has 30 heavy (non-hydrogen) atoms. The predicted molar refractivity (Wildman–Crippen MR) is 119 cm³/mol. The Morgan fingerprint density at radius 1 is 1.23 bits per heavy atom. The fraction of sp³-hybridized carbons (Fsp3) is 0.227. The van der Waals surface area contributed by atoms with Crippen molar-refractivity contribution in [3.05, 3.63) is 75.5 Å². The molecule has 8 heteroatoms. The number of fused-ring (bicyclic) bond motifs is 1. The SMILES string of the molecule is Cc1cccc(NC(=O)CSc2nc3c(c(=O)n2-c2ccc(F)cc2)SCC3)c1C. The number of benzene rings is 2. The lowest BCUT2D eigenvalue weighted by atomic mass is 10.1. The number of anilines is 1. The van der Waals surface area contributed by atoms with Gasteiger partial charge in [-0.1, -0.05) is 23.9 Å². The van der Waals surface area contributed by atoms with Crippen LogP contribution in [0, 0.1) is 19.7 Å². The van der Waals surface area contributed by atoms with Gasteiger partial charge in [-0.25, -0.2) is 9.37 Å². The largest absolute Gasteiger partial charge is 0.325 e. The number of halogens is 1. The summed E-state index contributed by atoms with van der Waals surface area (Å²) < 4.78 is 14.8. The maximum absolute atomic E-state index is 13.4. The van der Waals surface area contributed by atoms with E-state index in [1.54, 1.807) is 12.1 Å². The van der Waals surface area contributed by atoms with Crippen LogP contribution >= 0.6 is 23.5 Å². The highest BCUT2D eigenvalue weighted by Crippen LogP contribution is 2.30. The third-order valence-corrected chi connectivity index (χ3v) is 7.01. The van der Waals surface area contributed by atoms with Crippen LogP contribution in [0.3, 0.4) is 0 Å². The van der Waals surface area contributed by atoms with Crippen molar-refractivity contribution in [1.29, 1.82) is 0 Å². The van der Waals surface area contributed by atoms with Gasteiger partial charge in [-0.05, 0) is 55.3 Å². The van der Waals surface area contributed by atoms with Crippen LogP contribution in [-0.4, -0.2) is 27.0 Å². The van der Waals surface area contributed by atoms with E-state index in [0.717, 1.165) is 34.7 Å². The van der Waals surface area contributed by atoms with Crippen LogP contribution in [0.5, 0.6) is 0 Å². The molecule has 154 valence electrons. The summed E-state index contributed by atoms with van der Waals surface area (Å²) in [4.78, 5) is 30.9. The summed E-state index contributed by atoms with van der Waals surface area (Å²) in [5.74, 6) is 0.357. The molecule has 0 saturated heterocycles. The van der Waals surface area contributed by atoms with Gasteiger partial charge >= 0.3 is 0 Å². The summed E-state index contributed by atoms with van der Waals surface area (Å²) in [5.41, 5.74) is 4.01. The molecule has 0 fully saturated rings. The van der Waals surface area contributed by atoms with E-state index in [0.29, 0.717) is 15.7 Å². The van der Waals surface area contributed by atoms with Crippen molar-refractivity contribution < 1.29 is 9.18 Å². The maximum Gasteiger partial charge on any atom is 0.272 e. The number of thioether (sulfide) groups is 2. The van der Waals surface area contributed by atoms with Gasteiger partial charge in [0.05, 0.1) is 22.0 Å². The number of aryl methyl sites for hydroxylation is 2. The molecule has 5 nitrogen and oxygen atoms in total. The fourth-order valence-electron chi connectivity index (χ4n) is 3.21. The number of carbonyl (C=O) groups is 1. The smallest absolute Gasteiger partial charge is 0.272 e. The number of hydrogen-bond acceptors (Lipinski definition) is 5. The van der Waals surface area contributed by atoms with Crippen molar-refractivity contribution in [2.75, 3.05) is 16.8 Å². The van der Waals surface area contributed by atoms with Gasteiger partial charge in [0.15, 0.2) is 5.16 Å². The molecule has 1 aliphatic heterocycles. The second kappa shape index (κ2) is 8.65. The zero-order valence-electron chi connectivity index (χ0n) is 16.6. The number of nitrogens with zero attached hydrogens (tertiary/aromatic N) is 2. The van der Waals surface area contributed by atoms with E-state index in [1.807, 2.05) is 32.0 Å². The first-order chi connectivity index (χ1) is 14.4. The van der Waals surface area contributed by atoms with Gasteiger partial charge in [0.2, 0.25) is 5.91 Å². The van der Waals surface area contributed by atoms with Gasteiger partial charge in [-0.15, -0.1) is 11.8 Å². The van der Waals surface area contributed by atoms with Crippen molar-refractivity contribution >= 4 is 35.1 Å². The van der Waals surface area contributed by atoms with Crippen molar-refractivity contribution in [2.24, 2.45) is 0 Å². The highest BCUT2D eigenvalue weighted by Gasteiger charge is 2.23. The topological polar surface area (TPSA) is 64.0 Å². The molecule has 1 amide bonds. The number of amides is 1. The minimum Gasteiger partial charge on any atom is -0.325 e. The van der Waals surface area contributed by atoms with Gasteiger partial charge in [0.1, 0.15) is 5.82 Å². The lowest BCUT2D eigenvalue weighted by Crippen LogP contribution is -2.24. The summed E-state index contributed by atoms with van der Waals surface area (Å²) in [6, 6.07) is 11.5. The fourth-order valence-corrected chi connectivity index (χ4v) is 5.06. The molecule has 0 unspecified atom stereocenters. The molecular weight excluding hydrogens is 421 g/mol. The minimum atomic E-state index is -0.377. The van der Waals surface area contributed by atoms with Gasteiger partial charge in [-0.3, -0.25) is 14.2 Å². The Hall–Kier alpha value is -2.58. The normalized spacial score (nSPS) is 12.6. The Balaban J connectivity index is 1.61. The van der Waals surface area contributed by atoms with Crippen LogP contribution in [0.15, 0.2) is 57.3 Å². The van der Waals surface area contributed by atoms with Crippen LogP contribution in [0.25, 0.3) is 5.69 Å².